The second-order valence-corrected chi connectivity index (χ2v) is 6.81. The minimum Gasteiger partial charge on any atom is -0.357 e. The summed E-state index contributed by atoms with van der Waals surface area (Å²) < 4.78 is 22.9. The molecular weight excluding hydrogens is 278 g/mol. The molecule has 20 heavy (non-hydrogen) atoms. The van der Waals surface area contributed by atoms with Crippen LogP contribution in [0.3, 0.4) is 0 Å². The molecule has 1 aliphatic rings. The molecule has 1 unspecified atom stereocenters. The number of rotatable bonds is 3. The van der Waals surface area contributed by atoms with Crippen LogP contribution in [0.2, 0.25) is 0 Å². The molecule has 1 saturated heterocycles. The van der Waals surface area contributed by atoms with E-state index in [0.29, 0.717) is 13.1 Å². The van der Waals surface area contributed by atoms with Crippen LogP contribution >= 0.6 is 0 Å². The quantitative estimate of drug-likeness (QED) is 0.795. The molecular formula is C13H19N3O3S. The van der Waals surface area contributed by atoms with Crippen LogP contribution in [0, 0.1) is 0 Å². The van der Waals surface area contributed by atoms with Crippen LogP contribution < -0.4 is 15.5 Å². The Bertz CT molecular complexity index is 583. The third kappa shape index (κ3) is 3.10. The van der Waals surface area contributed by atoms with Gasteiger partial charge in [-0.2, -0.15) is 0 Å². The van der Waals surface area contributed by atoms with Gasteiger partial charge in [-0.25, -0.2) is 8.42 Å². The van der Waals surface area contributed by atoms with Crippen molar-refractivity contribution in [3.8, 4) is 0 Å². The number of piperazine rings is 1. The first-order valence-corrected chi connectivity index (χ1v) is 8.31. The minimum absolute atomic E-state index is 0.0515. The first-order chi connectivity index (χ1) is 9.43. The van der Waals surface area contributed by atoms with E-state index in [1.807, 2.05) is 4.90 Å². The van der Waals surface area contributed by atoms with Crippen LogP contribution in [-0.4, -0.2) is 53.3 Å². The van der Waals surface area contributed by atoms with Crippen molar-refractivity contribution in [3.63, 3.8) is 0 Å². The second kappa shape index (κ2) is 5.80. The first kappa shape index (κ1) is 14.8. The molecule has 0 spiro atoms. The van der Waals surface area contributed by atoms with Gasteiger partial charge in [-0.15, -0.1) is 0 Å². The molecule has 1 amide bonds. The predicted octanol–water partition coefficient (Wildman–Crippen LogP) is -0.386. The van der Waals surface area contributed by atoms with Crippen molar-refractivity contribution in [2.45, 2.75) is 10.9 Å². The third-order valence-electron chi connectivity index (χ3n) is 3.39. The molecule has 0 aromatic heterocycles. The number of sulfone groups is 1. The molecule has 1 heterocycles. The van der Waals surface area contributed by atoms with Gasteiger partial charge in [-0.3, -0.25) is 4.79 Å². The highest BCUT2D eigenvalue weighted by molar-refractivity contribution is 7.90. The third-order valence-corrected chi connectivity index (χ3v) is 4.52. The zero-order valence-corrected chi connectivity index (χ0v) is 12.4. The predicted molar refractivity (Wildman–Crippen MR) is 77.6 cm³/mol. The summed E-state index contributed by atoms with van der Waals surface area (Å²) in [6.45, 7) is 2.07. The van der Waals surface area contributed by atoms with E-state index in [1.54, 1.807) is 31.3 Å². The van der Waals surface area contributed by atoms with Crippen molar-refractivity contribution in [2.75, 3.05) is 37.8 Å². The average molecular weight is 297 g/mol. The van der Waals surface area contributed by atoms with Crippen molar-refractivity contribution in [1.29, 1.82) is 0 Å². The number of nitrogens with zero attached hydrogens (tertiary/aromatic N) is 1. The Morgan fingerprint density at radius 2 is 2.00 bits per heavy atom. The number of hydrogen-bond donors (Lipinski definition) is 2. The minimum atomic E-state index is -3.19. The standard InChI is InChI=1S/C13H19N3O3S/c1-14-13(17)12-9-15-7-8-16(12)10-3-5-11(6-4-10)20(2,18)19/h3-6,12,15H,7-9H2,1-2H3,(H,14,17). The zero-order valence-electron chi connectivity index (χ0n) is 11.6. The lowest BCUT2D eigenvalue weighted by molar-refractivity contribution is -0.122. The smallest absolute Gasteiger partial charge is 0.243 e. The summed E-state index contributed by atoms with van der Waals surface area (Å²) in [6.07, 6.45) is 1.18. The van der Waals surface area contributed by atoms with Gasteiger partial charge in [0.2, 0.25) is 5.91 Å². The van der Waals surface area contributed by atoms with Gasteiger partial charge in [-0.1, -0.05) is 0 Å². The fourth-order valence-electron chi connectivity index (χ4n) is 2.30. The fourth-order valence-corrected chi connectivity index (χ4v) is 2.93. The number of likely N-dealkylation sites (N-methyl/N-ethyl adjacent to an activating group) is 1. The highest BCUT2D eigenvalue weighted by atomic mass is 32.2. The number of carbonyl (C=O) groups is 1. The van der Waals surface area contributed by atoms with Crippen molar-refractivity contribution < 1.29 is 13.2 Å². The summed E-state index contributed by atoms with van der Waals surface area (Å²) in [6, 6.07) is 6.37. The molecule has 0 aliphatic carbocycles. The van der Waals surface area contributed by atoms with E-state index in [9.17, 15) is 13.2 Å². The van der Waals surface area contributed by atoms with Crippen LogP contribution in [0.25, 0.3) is 0 Å². The molecule has 2 rings (SSSR count). The largest absolute Gasteiger partial charge is 0.357 e. The molecule has 0 bridgehead atoms. The Labute approximate surface area is 119 Å². The number of carbonyl (C=O) groups excluding carboxylic acids is 1. The van der Waals surface area contributed by atoms with Gasteiger partial charge in [0.15, 0.2) is 9.84 Å². The molecule has 7 heteroatoms. The summed E-state index contributed by atoms with van der Waals surface area (Å²) >= 11 is 0. The average Bonchev–Trinajstić information content (AvgIpc) is 2.45. The molecule has 1 aromatic carbocycles. The molecule has 1 fully saturated rings. The van der Waals surface area contributed by atoms with Gasteiger partial charge in [0.05, 0.1) is 4.90 Å². The molecule has 6 nitrogen and oxygen atoms in total. The van der Waals surface area contributed by atoms with Crippen LogP contribution in [0.15, 0.2) is 29.2 Å². The monoisotopic (exact) mass is 297 g/mol. The normalized spacial score (nSPS) is 19.7. The van der Waals surface area contributed by atoms with Crippen molar-refractivity contribution in [1.82, 2.24) is 10.6 Å². The highest BCUT2D eigenvalue weighted by Crippen LogP contribution is 2.21. The Hall–Kier alpha value is -1.60. The molecule has 1 aromatic rings. The van der Waals surface area contributed by atoms with E-state index < -0.39 is 9.84 Å². The zero-order chi connectivity index (χ0) is 14.8. The van der Waals surface area contributed by atoms with Crippen molar-refractivity contribution in [2.24, 2.45) is 0 Å². The van der Waals surface area contributed by atoms with Crippen molar-refractivity contribution in [3.05, 3.63) is 24.3 Å². The topological polar surface area (TPSA) is 78.5 Å². The van der Waals surface area contributed by atoms with Gasteiger partial charge in [0.25, 0.3) is 0 Å². The van der Waals surface area contributed by atoms with E-state index in [2.05, 4.69) is 10.6 Å². The first-order valence-electron chi connectivity index (χ1n) is 6.42. The lowest BCUT2D eigenvalue weighted by Crippen LogP contribution is -2.57. The number of benzene rings is 1. The molecule has 0 saturated carbocycles. The summed E-state index contributed by atoms with van der Waals surface area (Å²) in [7, 11) is -1.58. The van der Waals surface area contributed by atoms with Crippen LogP contribution in [0.4, 0.5) is 5.69 Å². The van der Waals surface area contributed by atoms with Gasteiger partial charge >= 0.3 is 0 Å². The second-order valence-electron chi connectivity index (χ2n) is 4.79. The highest BCUT2D eigenvalue weighted by Gasteiger charge is 2.28. The Kier molecular flexibility index (Phi) is 4.29. The van der Waals surface area contributed by atoms with Gasteiger partial charge in [0.1, 0.15) is 6.04 Å². The van der Waals surface area contributed by atoms with Crippen LogP contribution in [0.5, 0.6) is 0 Å². The summed E-state index contributed by atoms with van der Waals surface area (Å²) in [5, 5.41) is 5.84. The maximum absolute atomic E-state index is 11.9. The maximum Gasteiger partial charge on any atom is 0.243 e. The molecule has 0 radical (unpaired) electrons. The molecule has 110 valence electrons. The van der Waals surface area contributed by atoms with E-state index in [-0.39, 0.29) is 16.8 Å². The van der Waals surface area contributed by atoms with Crippen LogP contribution in [-0.2, 0) is 14.6 Å². The molecule has 1 atom stereocenters. The van der Waals surface area contributed by atoms with E-state index in [4.69, 9.17) is 0 Å². The summed E-state index contributed by atoms with van der Waals surface area (Å²) in [5.74, 6) is -0.0515. The Morgan fingerprint density at radius 3 is 2.55 bits per heavy atom. The van der Waals surface area contributed by atoms with E-state index >= 15 is 0 Å². The maximum atomic E-state index is 11.9. The SMILES string of the molecule is CNC(=O)C1CNCCN1c1ccc(S(C)(=O)=O)cc1. The fraction of sp³-hybridized carbons (Fsp3) is 0.462. The lowest BCUT2D eigenvalue weighted by atomic mass is 10.1. The van der Waals surface area contributed by atoms with E-state index in [0.717, 1.165) is 12.2 Å². The van der Waals surface area contributed by atoms with E-state index in [1.165, 1.54) is 6.26 Å². The van der Waals surface area contributed by atoms with Crippen LogP contribution in [0.1, 0.15) is 0 Å². The lowest BCUT2D eigenvalue weighted by Gasteiger charge is -2.36. The number of amides is 1. The number of nitrogens with one attached hydrogen (secondary N) is 2. The van der Waals surface area contributed by atoms with Gasteiger partial charge < -0.3 is 15.5 Å². The molecule has 2 N–H and O–H groups in total. The van der Waals surface area contributed by atoms with Crippen molar-refractivity contribution >= 4 is 21.4 Å². The number of anilines is 1. The molecule has 1 aliphatic heterocycles. The van der Waals surface area contributed by atoms with Gasteiger partial charge in [-0.05, 0) is 24.3 Å². The number of hydrogen-bond acceptors (Lipinski definition) is 5. The summed E-state index contributed by atoms with van der Waals surface area (Å²) in [5.41, 5.74) is 0.854. The Balaban J connectivity index is 2.26. The summed E-state index contributed by atoms with van der Waals surface area (Å²) in [4.78, 5) is 14.2. The Morgan fingerprint density at radius 1 is 1.35 bits per heavy atom. The van der Waals surface area contributed by atoms with Gasteiger partial charge in [0, 0.05) is 38.6 Å².